The van der Waals surface area contributed by atoms with E-state index >= 15 is 0 Å². The maximum Gasteiger partial charge on any atom is 0.346 e. The fourth-order valence-corrected chi connectivity index (χ4v) is 7.13. The number of hydrogen-bond donors (Lipinski definition) is 1. The number of hydrogen-bond acceptors (Lipinski definition) is 4. The van der Waals surface area contributed by atoms with E-state index in [1.165, 1.54) is 5.57 Å². The number of nitrogens with zero attached hydrogens (tertiary/aromatic N) is 1. The van der Waals surface area contributed by atoms with Crippen molar-refractivity contribution in [1.82, 2.24) is 0 Å². The third-order valence-corrected chi connectivity index (χ3v) is 8.72. The molecule has 0 unspecified atom stereocenters. The van der Waals surface area contributed by atoms with Gasteiger partial charge in [0.1, 0.15) is 11.6 Å². The van der Waals surface area contributed by atoms with Gasteiger partial charge in [-0.25, -0.2) is 4.79 Å². The topological polar surface area (TPSA) is 79.6 Å². The predicted molar refractivity (Wildman–Crippen MR) is 107 cm³/mol. The molecule has 0 radical (unpaired) electrons. The number of allylic oxidation sites excluding steroid dienone is 4. The maximum absolute atomic E-state index is 11.6. The monoisotopic (exact) mass is 395 g/mol. The van der Waals surface area contributed by atoms with E-state index < -0.39 is 11.8 Å². The van der Waals surface area contributed by atoms with E-state index in [4.69, 9.17) is 9.47 Å². The minimum Gasteiger partial charge on any atom is -0.477 e. The highest BCUT2D eigenvalue weighted by Gasteiger charge is 2.57. The van der Waals surface area contributed by atoms with Crippen LogP contribution >= 0.6 is 0 Å². The van der Waals surface area contributed by atoms with Crippen LogP contribution in [-0.4, -0.2) is 30.1 Å². The number of fused-ring (bicyclic) bond motifs is 5. The molecule has 154 valence electrons. The van der Waals surface area contributed by atoms with E-state index in [9.17, 15) is 15.2 Å². The lowest BCUT2D eigenvalue weighted by Crippen LogP contribution is -2.47. The Morgan fingerprint density at radius 3 is 2.69 bits per heavy atom. The van der Waals surface area contributed by atoms with Crippen molar-refractivity contribution in [1.29, 1.82) is 5.26 Å². The van der Waals surface area contributed by atoms with E-state index in [1.807, 2.05) is 6.07 Å². The molecule has 1 N–H and O–H groups in total. The minimum atomic E-state index is -1.08. The minimum absolute atomic E-state index is 0.0276. The molecule has 29 heavy (non-hydrogen) atoms. The smallest absolute Gasteiger partial charge is 0.346 e. The number of carboxylic acid groups (broad SMARTS) is 1. The van der Waals surface area contributed by atoms with Crippen LogP contribution in [0, 0.1) is 34.0 Å². The number of rotatable bonds is 1. The molecule has 0 bridgehead atoms. The largest absolute Gasteiger partial charge is 0.477 e. The lowest BCUT2D eigenvalue weighted by molar-refractivity contribution is -0.175. The van der Waals surface area contributed by atoms with Crippen LogP contribution in [0.4, 0.5) is 0 Å². The molecule has 3 fully saturated rings. The Morgan fingerprint density at radius 1 is 1.24 bits per heavy atom. The van der Waals surface area contributed by atoms with Gasteiger partial charge in [-0.3, -0.25) is 0 Å². The number of aliphatic carboxylic acids is 1. The van der Waals surface area contributed by atoms with Crippen molar-refractivity contribution >= 4 is 5.97 Å². The summed E-state index contributed by atoms with van der Waals surface area (Å²) in [6, 6.07) is 1.97. The molecule has 0 amide bonds. The highest BCUT2D eigenvalue weighted by molar-refractivity contribution is 5.92. The molecule has 4 aliphatic carbocycles. The Bertz CT molecular complexity index is 900. The van der Waals surface area contributed by atoms with Crippen molar-refractivity contribution in [3.8, 4) is 6.07 Å². The Morgan fingerprint density at radius 2 is 2.00 bits per heavy atom. The van der Waals surface area contributed by atoms with Crippen LogP contribution in [0.3, 0.4) is 0 Å². The van der Waals surface area contributed by atoms with Crippen molar-refractivity contribution in [2.75, 3.05) is 13.2 Å². The summed E-state index contributed by atoms with van der Waals surface area (Å²) in [5.74, 6) is -0.641. The Labute approximate surface area is 172 Å². The molecule has 1 spiro atoms. The summed E-state index contributed by atoms with van der Waals surface area (Å²) in [5.41, 5.74) is 3.67. The first-order chi connectivity index (χ1) is 13.8. The van der Waals surface area contributed by atoms with Gasteiger partial charge in [0.2, 0.25) is 0 Å². The van der Waals surface area contributed by atoms with Crippen LogP contribution in [0.15, 0.2) is 34.4 Å². The summed E-state index contributed by atoms with van der Waals surface area (Å²) in [7, 11) is 0. The van der Waals surface area contributed by atoms with Crippen LogP contribution in [0.25, 0.3) is 0 Å². The van der Waals surface area contributed by atoms with Crippen LogP contribution in [0.5, 0.6) is 0 Å². The zero-order valence-corrected chi connectivity index (χ0v) is 17.3. The molecule has 2 saturated carbocycles. The van der Waals surface area contributed by atoms with Crippen molar-refractivity contribution in [2.24, 2.45) is 22.7 Å². The van der Waals surface area contributed by atoms with Crippen molar-refractivity contribution < 1.29 is 19.4 Å². The zero-order valence-electron chi connectivity index (χ0n) is 17.3. The average molecular weight is 395 g/mol. The SMILES string of the molecule is C[C@]12CCC3(CC1=CC[C@@H]1C2=CC[C@]2(C)C(=C(C#N)C(=O)O)CC[C@@H]12)OCCO3. The molecule has 1 heterocycles. The van der Waals surface area contributed by atoms with E-state index in [2.05, 4.69) is 26.0 Å². The molecule has 5 rings (SSSR count). The summed E-state index contributed by atoms with van der Waals surface area (Å²) in [6.45, 7) is 5.95. The van der Waals surface area contributed by atoms with Crippen LogP contribution < -0.4 is 0 Å². The lowest BCUT2D eigenvalue weighted by Gasteiger charge is -2.54. The summed E-state index contributed by atoms with van der Waals surface area (Å²) < 4.78 is 12.0. The summed E-state index contributed by atoms with van der Waals surface area (Å²) in [5, 5.41) is 19.0. The first-order valence-electron chi connectivity index (χ1n) is 10.9. The first kappa shape index (κ1) is 19.1. The molecule has 4 atom stereocenters. The summed E-state index contributed by atoms with van der Waals surface area (Å²) >= 11 is 0. The molecule has 5 nitrogen and oxygen atoms in total. The van der Waals surface area contributed by atoms with E-state index in [1.54, 1.807) is 5.57 Å². The highest BCUT2D eigenvalue weighted by Crippen LogP contribution is 2.65. The molecule has 0 aromatic rings. The number of carbonyl (C=O) groups is 1. The average Bonchev–Trinajstić information content (AvgIpc) is 3.28. The highest BCUT2D eigenvalue weighted by atomic mass is 16.7. The summed E-state index contributed by atoms with van der Waals surface area (Å²) in [6.07, 6.45) is 11.2. The molecule has 1 aliphatic heterocycles. The molecule has 0 aromatic heterocycles. The van der Waals surface area contributed by atoms with Crippen molar-refractivity contribution in [3.63, 3.8) is 0 Å². The standard InChI is InChI=1S/C24H29NO4/c1-22-9-10-24(28-11-12-29-24)13-15(22)3-4-16-18-5-6-19(17(14-25)21(26)27)23(18,2)8-7-20(16)22/h3,7,16,18H,4-6,8-13H2,1-2H3,(H,26,27)/t16-,18-,22-,23-/m0/s1. The molecular formula is C24H29NO4. The number of ether oxygens (including phenoxy) is 2. The van der Waals surface area contributed by atoms with Gasteiger partial charge in [0, 0.05) is 18.3 Å². The van der Waals surface area contributed by atoms with E-state index in [0.717, 1.165) is 50.5 Å². The van der Waals surface area contributed by atoms with Gasteiger partial charge in [-0.1, -0.05) is 37.1 Å². The number of carboxylic acids is 1. The third kappa shape index (κ3) is 2.55. The normalized spacial score (nSPS) is 41.6. The van der Waals surface area contributed by atoms with Crippen LogP contribution in [0.2, 0.25) is 0 Å². The second kappa shape index (κ2) is 6.30. The Balaban J connectivity index is 1.51. The quantitative estimate of drug-likeness (QED) is 0.401. The first-order valence-corrected chi connectivity index (χ1v) is 10.9. The Kier molecular flexibility index (Phi) is 4.14. The van der Waals surface area contributed by atoms with E-state index in [0.29, 0.717) is 25.0 Å². The lowest BCUT2D eigenvalue weighted by atomic mass is 9.52. The second-order valence-electron chi connectivity index (χ2n) is 9.88. The zero-order chi connectivity index (χ0) is 20.4. The molecule has 1 saturated heterocycles. The van der Waals surface area contributed by atoms with Crippen LogP contribution in [-0.2, 0) is 14.3 Å². The predicted octanol–water partition coefficient (Wildman–Crippen LogP) is 4.52. The van der Waals surface area contributed by atoms with Gasteiger partial charge >= 0.3 is 5.97 Å². The van der Waals surface area contributed by atoms with Gasteiger partial charge < -0.3 is 14.6 Å². The Hall–Kier alpha value is -1.90. The van der Waals surface area contributed by atoms with Gasteiger partial charge in [0.05, 0.1) is 13.2 Å². The molecule has 5 heteroatoms. The summed E-state index contributed by atoms with van der Waals surface area (Å²) in [4.78, 5) is 11.6. The van der Waals surface area contributed by atoms with Crippen molar-refractivity contribution in [2.45, 2.75) is 64.6 Å². The van der Waals surface area contributed by atoms with Crippen molar-refractivity contribution in [3.05, 3.63) is 34.4 Å². The van der Waals surface area contributed by atoms with Gasteiger partial charge in [-0.2, -0.15) is 5.26 Å². The van der Waals surface area contributed by atoms with Gasteiger partial charge in [0.25, 0.3) is 0 Å². The van der Waals surface area contributed by atoms with Crippen LogP contribution in [0.1, 0.15) is 58.8 Å². The van der Waals surface area contributed by atoms with E-state index in [-0.39, 0.29) is 16.4 Å². The van der Waals surface area contributed by atoms with Gasteiger partial charge in [0.15, 0.2) is 5.79 Å². The fraction of sp³-hybridized carbons (Fsp3) is 0.667. The molecule has 0 aromatic carbocycles. The third-order valence-electron chi connectivity index (χ3n) is 8.72. The van der Waals surface area contributed by atoms with Gasteiger partial charge in [-0.05, 0) is 54.9 Å². The molecule has 5 aliphatic rings. The number of nitriles is 1. The maximum atomic E-state index is 11.6. The van der Waals surface area contributed by atoms with Gasteiger partial charge in [-0.15, -0.1) is 0 Å². The second-order valence-corrected chi connectivity index (χ2v) is 9.88. The molecular weight excluding hydrogens is 366 g/mol. The fourth-order valence-electron chi connectivity index (χ4n) is 7.13.